The van der Waals surface area contributed by atoms with Gasteiger partial charge in [0.1, 0.15) is 0 Å². The van der Waals surface area contributed by atoms with E-state index in [9.17, 15) is 0 Å². The molecular formula is C15H14Cl. The van der Waals surface area contributed by atoms with Crippen LogP contribution in [0.4, 0.5) is 0 Å². The molecule has 2 aromatic carbocycles. The van der Waals surface area contributed by atoms with Crippen LogP contribution in [0, 0.1) is 12.3 Å². The van der Waals surface area contributed by atoms with E-state index in [0.29, 0.717) is 0 Å². The first-order chi connectivity index (χ1) is 7.77. The lowest BCUT2D eigenvalue weighted by Gasteiger charge is -2.11. The van der Waals surface area contributed by atoms with Crippen molar-refractivity contribution in [3.63, 3.8) is 0 Å². The first kappa shape index (κ1) is 11.2. The van der Waals surface area contributed by atoms with E-state index in [0.717, 1.165) is 17.4 Å². The van der Waals surface area contributed by atoms with E-state index in [2.05, 4.69) is 31.2 Å². The van der Waals surface area contributed by atoms with Gasteiger partial charge < -0.3 is 0 Å². The van der Waals surface area contributed by atoms with Crippen LogP contribution in [-0.2, 0) is 6.42 Å². The third kappa shape index (κ3) is 2.65. The Morgan fingerprint density at radius 3 is 2.25 bits per heavy atom. The van der Waals surface area contributed by atoms with Crippen molar-refractivity contribution < 1.29 is 0 Å². The molecule has 0 bridgehead atoms. The highest BCUT2D eigenvalue weighted by Gasteiger charge is 2.11. The quantitative estimate of drug-likeness (QED) is 0.734. The highest BCUT2D eigenvalue weighted by atomic mass is 35.5. The third-order valence-corrected chi connectivity index (χ3v) is 2.98. The van der Waals surface area contributed by atoms with Gasteiger partial charge in [-0.3, -0.25) is 0 Å². The minimum absolute atomic E-state index is 0.799. The molecule has 0 aliphatic rings. The third-order valence-electron chi connectivity index (χ3n) is 2.64. The minimum Gasteiger partial charge on any atom is -0.111 e. The summed E-state index contributed by atoms with van der Waals surface area (Å²) in [6, 6.07) is 18.5. The number of halogens is 1. The fourth-order valence-electron chi connectivity index (χ4n) is 1.75. The Morgan fingerprint density at radius 1 is 0.938 bits per heavy atom. The van der Waals surface area contributed by atoms with E-state index < -0.39 is 0 Å². The molecule has 0 aromatic heterocycles. The zero-order valence-corrected chi connectivity index (χ0v) is 10.0. The second kappa shape index (κ2) is 5.18. The summed E-state index contributed by atoms with van der Waals surface area (Å²) in [5.74, 6) is 0. The molecule has 2 rings (SSSR count). The summed E-state index contributed by atoms with van der Waals surface area (Å²) in [4.78, 5) is 0. The van der Waals surface area contributed by atoms with Gasteiger partial charge >= 0.3 is 0 Å². The average molecular weight is 230 g/mol. The van der Waals surface area contributed by atoms with Crippen molar-refractivity contribution in [2.75, 3.05) is 0 Å². The van der Waals surface area contributed by atoms with Gasteiger partial charge in [0.2, 0.25) is 0 Å². The van der Waals surface area contributed by atoms with Gasteiger partial charge in [0, 0.05) is 0 Å². The zero-order valence-electron chi connectivity index (χ0n) is 9.28. The zero-order chi connectivity index (χ0) is 11.4. The molecule has 0 N–H and O–H groups in total. The maximum absolute atomic E-state index is 6.36. The lowest BCUT2D eigenvalue weighted by Crippen LogP contribution is -1.98. The molecule has 16 heavy (non-hydrogen) atoms. The van der Waals surface area contributed by atoms with Gasteiger partial charge in [-0.1, -0.05) is 54.6 Å². The number of hydrogen-bond acceptors (Lipinski definition) is 0. The molecule has 0 fully saturated rings. The molecule has 0 nitrogen and oxygen atoms in total. The van der Waals surface area contributed by atoms with Crippen LogP contribution in [0.2, 0.25) is 0 Å². The molecule has 0 saturated heterocycles. The largest absolute Gasteiger partial charge is 0.111 e. The lowest BCUT2D eigenvalue weighted by molar-refractivity contribution is 1.11. The monoisotopic (exact) mass is 229 g/mol. The van der Waals surface area contributed by atoms with Gasteiger partial charge in [0.25, 0.3) is 0 Å². The van der Waals surface area contributed by atoms with E-state index in [-0.39, 0.29) is 0 Å². The summed E-state index contributed by atoms with van der Waals surface area (Å²) < 4.78 is 0. The predicted molar refractivity (Wildman–Crippen MR) is 69.5 cm³/mol. The van der Waals surface area contributed by atoms with E-state index in [1.807, 2.05) is 30.3 Å². The molecule has 1 radical (unpaired) electrons. The Bertz CT molecular complexity index is 448. The maximum atomic E-state index is 6.36. The van der Waals surface area contributed by atoms with Gasteiger partial charge in [-0.2, -0.15) is 0 Å². The molecular weight excluding hydrogens is 216 g/mol. The van der Waals surface area contributed by atoms with E-state index in [4.69, 9.17) is 11.6 Å². The molecule has 0 amide bonds. The number of hydrogen-bond donors (Lipinski definition) is 0. The minimum atomic E-state index is 0.799. The van der Waals surface area contributed by atoms with E-state index in [1.165, 1.54) is 11.1 Å². The molecule has 1 heteroatoms. The van der Waals surface area contributed by atoms with E-state index in [1.54, 1.807) is 0 Å². The highest BCUT2D eigenvalue weighted by Crippen LogP contribution is 2.26. The first-order valence-electron chi connectivity index (χ1n) is 5.38. The van der Waals surface area contributed by atoms with Gasteiger partial charge in [0.15, 0.2) is 0 Å². The van der Waals surface area contributed by atoms with Crippen molar-refractivity contribution in [3.05, 3.63) is 76.7 Å². The van der Waals surface area contributed by atoms with Crippen molar-refractivity contribution in [3.8, 4) is 0 Å². The normalized spacial score (nSPS) is 10.7. The molecule has 0 saturated carbocycles. The van der Waals surface area contributed by atoms with Crippen molar-refractivity contribution in [1.29, 1.82) is 0 Å². The Kier molecular flexibility index (Phi) is 3.63. The molecule has 0 aliphatic carbocycles. The fraction of sp³-hybridized carbons (Fsp3) is 0.133. The summed E-state index contributed by atoms with van der Waals surface area (Å²) in [5, 5.41) is 0.907. The first-order valence-corrected chi connectivity index (χ1v) is 5.76. The van der Waals surface area contributed by atoms with Crippen LogP contribution >= 0.6 is 11.6 Å². The smallest absolute Gasteiger partial charge is 0.0973 e. The lowest BCUT2D eigenvalue weighted by atomic mass is 10.0. The molecule has 2 aromatic rings. The average Bonchev–Trinajstić information content (AvgIpc) is 2.31. The van der Waals surface area contributed by atoms with Crippen LogP contribution < -0.4 is 0 Å². The van der Waals surface area contributed by atoms with Crippen molar-refractivity contribution >= 4 is 11.6 Å². The molecule has 0 atom stereocenters. The van der Waals surface area contributed by atoms with Crippen LogP contribution in [0.1, 0.15) is 16.7 Å². The molecule has 0 heterocycles. The van der Waals surface area contributed by atoms with Crippen molar-refractivity contribution in [1.82, 2.24) is 0 Å². The van der Waals surface area contributed by atoms with Crippen LogP contribution in [0.3, 0.4) is 0 Å². The van der Waals surface area contributed by atoms with Gasteiger partial charge in [-0.25, -0.2) is 0 Å². The fourth-order valence-corrected chi connectivity index (χ4v) is 2.11. The molecule has 0 unspecified atom stereocenters. The predicted octanol–water partition coefficient (Wildman–Crippen LogP) is 4.36. The Hall–Kier alpha value is -1.27. The van der Waals surface area contributed by atoms with Crippen molar-refractivity contribution in [2.45, 2.75) is 13.3 Å². The number of rotatable bonds is 3. The Balaban J connectivity index is 2.15. The SMILES string of the molecule is Cc1ccccc1[C](Cl)Cc1ccccc1. The van der Waals surface area contributed by atoms with Gasteiger partial charge in [0.05, 0.1) is 5.38 Å². The Morgan fingerprint density at radius 2 is 1.56 bits per heavy atom. The second-order valence-electron chi connectivity index (χ2n) is 3.88. The number of aryl methyl sites for hydroxylation is 1. The van der Waals surface area contributed by atoms with Crippen molar-refractivity contribution in [2.24, 2.45) is 0 Å². The second-order valence-corrected chi connectivity index (χ2v) is 4.34. The van der Waals surface area contributed by atoms with E-state index >= 15 is 0 Å². The van der Waals surface area contributed by atoms with Crippen LogP contribution in [0.5, 0.6) is 0 Å². The molecule has 0 aliphatic heterocycles. The molecule has 81 valence electrons. The highest BCUT2D eigenvalue weighted by molar-refractivity contribution is 6.29. The summed E-state index contributed by atoms with van der Waals surface area (Å²) in [6.07, 6.45) is 0.799. The number of benzene rings is 2. The molecule has 0 spiro atoms. The van der Waals surface area contributed by atoms with Crippen LogP contribution in [0.15, 0.2) is 54.6 Å². The topological polar surface area (TPSA) is 0 Å². The van der Waals surface area contributed by atoms with Gasteiger partial charge in [-0.15, -0.1) is 11.6 Å². The maximum Gasteiger partial charge on any atom is 0.0973 e. The summed E-state index contributed by atoms with van der Waals surface area (Å²) in [7, 11) is 0. The summed E-state index contributed by atoms with van der Waals surface area (Å²) in [6.45, 7) is 2.09. The summed E-state index contributed by atoms with van der Waals surface area (Å²) >= 11 is 6.36. The van der Waals surface area contributed by atoms with Crippen LogP contribution in [-0.4, -0.2) is 0 Å². The Labute approximate surface area is 102 Å². The van der Waals surface area contributed by atoms with Crippen LogP contribution in [0.25, 0.3) is 0 Å². The summed E-state index contributed by atoms with van der Waals surface area (Å²) in [5.41, 5.74) is 3.62. The standard InChI is InChI=1S/C15H14Cl/c1-12-7-5-6-10-14(12)15(16)11-13-8-3-2-4-9-13/h2-10H,11H2,1H3. The van der Waals surface area contributed by atoms with Gasteiger partial charge in [-0.05, 0) is 30.0 Å².